The lowest BCUT2D eigenvalue weighted by Gasteiger charge is -2.15. The van der Waals surface area contributed by atoms with Gasteiger partial charge in [0, 0.05) is 29.9 Å². The molecule has 1 aromatic heterocycles. The zero-order valence-electron chi connectivity index (χ0n) is 13.3. The summed E-state index contributed by atoms with van der Waals surface area (Å²) < 4.78 is 1.82. The summed E-state index contributed by atoms with van der Waals surface area (Å²) in [5.74, 6) is 0. The Morgan fingerprint density at radius 1 is 1.32 bits per heavy atom. The molecule has 0 unspecified atom stereocenters. The van der Waals surface area contributed by atoms with Crippen molar-refractivity contribution < 1.29 is 4.79 Å². The molecular formula is C16H21ClN4O. The van der Waals surface area contributed by atoms with Crippen LogP contribution in [0.3, 0.4) is 0 Å². The maximum absolute atomic E-state index is 12.0. The third kappa shape index (κ3) is 3.80. The van der Waals surface area contributed by atoms with Crippen molar-refractivity contribution in [3.05, 3.63) is 51.8 Å². The van der Waals surface area contributed by atoms with E-state index in [0.717, 1.165) is 22.5 Å². The SMILES string of the molecule is Cc1nn(C)c(C)c1CNC(=O)N[C@@H](C)c1ccc(Cl)cc1. The predicted octanol–water partition coefficient (Wildman–Crippen LogP) is 3.25. The summed E-state index contributed by atoms with van der Waals surface area (Å²) in [7, 11) is 1.90. The Balaban J connectivity index is 1.91. The summed E-state index contributed by atoms with van der Waals surface area (Å²) in [6, 6.07) is 7.15. The number of nitrogens with zero attached hydrogens (tertiary/aromatic N) is 2. The van der Waals surface area contributed by atoms with Crippen LogP contribution in [0.2, 0.25) is 5.02 Å². The number of aromatic nitrogens is 2. The van der Waals surface area contributed by atoms with Crippen LogP contribution < -0.4 is 10.6 Å². The third-order valence-corrected chi connectivity index (χ3v) is 4.05. The normalized spacial score (nSPS) is 12.0. The van der Waals surface area contributed by atoms with Crippen molar-refractivity contribution in [2.24, 2.45) is 7.05 Å². The molecule has 118 valence electrons. The number of amides is 2. The summed E-state index contributed by atoms with van der Waals surface area (Å²) in [4.78, 5) is 12.0. The van der Waals surface area contributed by atoms with E-state index in [9.17, 15) is 4.79 Å². The van der Waals surface area contributed by atoms with E-state index in [1.165, 1.54) is 0 Å². The first-order valence-electron chi connectivity index (χ1n) is 7.17. The van der Waals surface area contributed by atoms with Crippen LogP contribution in [-0.2, 0) is 13.6 Å². The Bertz CT molecular complexity index is 664. The molecule has 0 radical (unpaired) electrons. The minimum atomic E-state index is -0.204. The molecule has 22 heavy (non-hydrogen) atoms. The number of hydrogen-bond acceptors (Lipinski definition) is 2. The van der Waals surface area contributed by atoms with Crippen molar-refractivity contribution in [2.45, 2.75) is 33.4 Å². The first-order chi connectivity index (χ1) is 10.4. The van der Waals surface area contributed by atoms with Gasteiger partial charge in [-0.1, -0.05) is 23.7 Å². The van der Waals surface area contributed by atoms with E-state index < -0.39 is 0 Å². The number of nitrogens with one attached hydrogen (secondary N) is 2. The lowest BCUT2D eigenvalue weighted by Crippen LogP contribution is -2.36. The molecule has 0 saturated heterocycles. The molecule has 2 N–H and O–H groups in total. The number of rotatable bonds is 4. The Hall–Kier alpha value is -2.01. The van der Waals surface area contributed by atoms with Gasteiger partial charge in [-0.3, -0.25) is 4.68 Å². The average molecular weight is 321 g/mol. The molecule has 0 spiro atoms. The minimum Gasteiger partial charge on any atom is -0.334 e. The number of carbonyl (C=O) groups is 1. The fraction of sp³-hybridized carbons (Fsp3) is 0.375. The van der Waals surface area contributed by atoms with Gasteiger partial charge in [-0.05, 0) is 38.5 Å². The van der Waals surface area contributed by atoms with Crippen LogP contribution in [0, 0.1) is 13.8 Å². The van der Waals surface area contributed by atoms with Gasteiger partial charge in [-0.25, -0.2) is 4.79 Å². The number of aryl methyl sites for hydroxylation is 2. The van der Waals surface area contributed by atoms with Gasteiger partial charge in [-0.15, -0.1) is 0 Å². The van der Waals surface area contributed by atoms with Gasteiger partial charge in [-0.2, -0.15) is 5.10 Å². The standard InChI is InChI=1S/C16H21ClN4O/c1-10(13-5-7-14(17)8-6-13)19-16(22)18-9-15-11(2)20-21(4)12(15)3/h5-8,10H,9H2,1-4H3,(H2,18,19,22)/t10-/m0/s1. The third-order valence-electron chi connectivity index (χ3n) is 3.80. The van der Waals surface area contributed by atoms with Crippen molar-refractivity contribution >= 4 is 17.6 Å². The fourth-order valence-corrected chi connectivity index (χ4v) is 2.45. The van der Waals surface area contributed by atoms with E-state index in [4.69, 9.17) is 11.6 Å². The predicted molar refractivity (Wildman–Crippen MR) is 87.9 cm³/mol. The van der Waals surface area contributed by atoms with E-state index >= 15 is 0 Å². The van der Waals surface area contributed by atoms with Gasteiger partial charge >= 0.3 is 6.03 Å². The summed E-state index contributed by atoms with van der Waals surface area (Å²) in [6.07, 6.45) is 0. The van der Waals surface area contributed by atoms with Crippen LogP contribution in [0.25, 0.3) is 0 Å². The largest absolute Gasteiger partial charge is 0.334 e. The van der Waals surface area contributed by atoms with E-state index in [2.05, 4.69) is 15.7 Å². The summed E-state index contributed by atoms with van der Waals surface area (Å²) in [5, 5.41) is 10.8. The fourth-order valence-electron chi connectivity index (χ4n) is 2.32. The van der Waals surface area contributed by atoms with E-state index in [1.807, 2.05) is 56.8 Å². The van der Waals surface area contributed by atoms with E-state index in [1.54, 1.807) is 0 Å². The second-order valence-electron chi connectivity index (χ2n) is 5.37. The van der Waals surface area contributed by atoms with Gasteiger partial charge in [0.25, 0.3) is 0 Å². The number of urea groups is 1. The Kier molecular flexibility index (Phi) is 5.08. The van der Waals surface area contributed by atoms with Crippen molar-refractivity contribution in [3.8, 4) is 0 Å². The van der Waals surface area contributed by atoms with Crippen LogP contribution in [0.15, 0.2) is 24.3 Å². The van der Waals surface area contributed by atoms with Crippen LogP contribution in [0.4, 0.5) is 4.79 Å². The summed E-state index contributed by atoms with van der Waals surface area (Å²) >= 11 is 5.86. The monoisotopic (exact) mass is 320 g/mol. The first kappa shape index (κ1) is 16.4. The van der Waals surface area contributed by atoms with Gasteiger partial charge in [0.2, 0.25) is 0 Å². The molecule has 5 nitrogen and oxygen atoms in total. The molecule has 1 heterocycles. The first-order valence-corrected chi connectivity index (χ1v) is 7.55. The second-order valence-corrected chi connectivity index (χ2v) is 5.81. The van der Waals surface area contributed by atoms with E-state index in [-0.39, 0.29) is 12.1 Å². The Labute approximate surface area is 135 Å². The molecule has 0 fully saturated rings. The number of hydrogen-bond donors (Lipinski definition) is 2. The molecule has 0 aliphatic carbocycles. The van der Waals surface area contributed by atoms with Crippen LogP contribution in [0.5, 0.6) is 0 Å². The molecule has 2 rings (SSSR count). The number of benzene rings is 1. The molecule has 6 heteroatoms. The Morgan fingerprint density at radius 3 is 2.50 bits per heavy atom. The highest BCUT2D eigenvalue weighted by Crippen LogP contribution is 2.16. The van der Waals surface area contributed by atoms with Crippen molar-refractivity contribution in [1.29, 1.82) is 0 Å². The summed E-state index contributed by atoms with van der Waals surface area (Å²) in [5.41, 5.74) is 4.06. The zero-order chi connectivity index (χ0) is 16.3. The molecule has 1 aromatic carbocycles. The smallest absolute Gasteiger partial charge is 0.315 e. The maximum Gasteiger partial charge on any atom is 0.315 e. The minimum absolute atomic E-state index is 0.0895. The lowest BCUT2D eigenvalue weighted by molar-refractivity contribution is 0.237. The van der Waals surface area contributed by atoms with Gasteiger partial charge in [0.1, 0.15) is 0 Å². The zero-order valence-corrected chi connectivity index (χ0v) is 14.0. The van der Waals surface area contributed by atoms with Crippen LogP contribution in [-0.4, -0.2) is 15.8 Å². The van der Waals surface area contributed by atoms with Crippen LogP contribution in [0.1, 0.15) is 35.5 Å². The molecule has 0 aliphatic heterocycles. The molecule has 2 amide bonds. The highest BCUT2D eigenvalue weighted by atomic mass is 35.5. The lowest BCUT2D eigenvalue weighted by atomic mass is 10.1. The second kappa shape index (κ2) is 6.83. The molecular weight excluding hydrogens is 300 g/mol. The van der Waals surface area contributed by atoms with Crippen molar-refractivity contribution in [2.75, 3.05) is 0 Å². The van der Waals surface area contributed by atoms with Gasteiger partial charge in [0.15, 0.2) is 0 Å². The molecule has 0 saturated carbocycles. The Morgan fingerprint density at radius 2 is 1.95 bits per heavy atom. The molecule has 0 aliphatic rings. The van der Waals surface area contributed by atoms with Crippen molar-refractivity contribution in [3.63, 3.8) is 0 Å². The topological polar surface area (TPSA) is 59.0 Å². The van der Waals surface area contributed by atoms with Crippen molar-refractivity contribution in [1.82, 2.24) is 20.4 Å². The van der Waals surface area contributed by atoms with Gasteiger partial charge in [0.05, 0.1) is 11.7 Å². The average Bonchev–Trinajstić information content (AvgIpc) is 2.70. The molecule has 0 bridgehead atoms. The number of halogens is 1. The molecule has 2 aromatic rings. The number of carbonyl (C=O) groups excluding carboxylic acids is 1. The maximum atomic E-state index is 12.0. The highest BCUT2D eigenvalue weighted by molar-refractivity contribution is 6.30. The summed E-state index contributed by atoms with van der Waals surface area (Å²) in [6.45, 7) is 6.33. The molecule has 1 atom stereocenters. The highest BCUT2D eigenvalue weighted by Gasteiger charge is 2.12. The van der Waals surface area contributed by atoms with Crippen LogP contribution >= 0.6 is 11.6 Å². The quantitative estimate of drug-likeness (QED) is 0.908. The van der Waals surface area contributed by atoms with E-state index in [0.29, 0.717) is 11.6 Å². The van der Waals surface area contributed by atoms with Gasteiger partial charge < -0.3 is 10.6 Å².